The van der Waals surface area contributed by atoms with E-state index in [1.54, 1.807) is 0 Å². The van der Waals surface area contributed by atoms with E-state index in [-0.39, 0.29) is 5.54 Å². The second kappa shape index (κ2) is 11.8. The quantitative estimate of drug-likeness (QED) is 0.307. The molecule has 3 aromatic carbocycles. The zero-order valence-corrected chi connectivity index (χ0v) is 23.5. The summed E-state index contributed by atoms with van der Waals surface area (Å²) in [5.41, 5.74) is 7.43. The van der Waals surface area contributed by atoms with E-state index in [0.717, 1.165) is 32.7 Å². The maximum atomic E-state index is 3.55. The first kappa shape index (κ1) is 26.8. The van der Waals surface area contributed by atoms with Gasteiger partial charge in [-0.3, -0.25) is 4.90 Å². The highest BCUT2D eigenvalue weighted by Crippen LogP contribution is 2.38. The number of nitrogens with one attached hydrogen (secondary N) is 1. The molecule has 0 unspecified atom stereocenters. The van der Waals surface area contributed by atoms with Crippen molar-refractivity contribution in [2.75, 3.05) is 42.9 Å². The topological polar surface area (TPSA) is 18.5 Å². The van der Waals surface area contributed by atoms with Gasteiger partial charge in [0, 0.05) is 36.4 Å². The van der Waals surface area contributed by atoms with Gasteiger partial charge in [0.15, 0.2) is 0 Å². The number of allylic oxidation sites excluding steroid dienone is 3. The summed E-state index contributed by atoms with van der Waals surface area (Å²) in [4.78, 5) is 4.89. The summed E-state index contributed by atoms with van der Waals surface area (Å²) in [5, 5.41) is 6.08. The molecule has 3 aromatic rings. The lowest BCUT2D eigenvalue weighted by Gasteiger charge is -2.37. The Morgan fingerprint density at radius 3 is 1.92 bits per heavy atom. The predicted octanol–water partition coefficient (Wildman–Crippen LogP) is 8.15. The molecule has 3 nitrogen and oxygen atoms in total. The van der Waals surface area contributed by atoms with Crippen LogP contribution in [0.4, 0.5) is 11.4 Å². The fraction of sp³-hybridized carbons (Fsp3) is 0.353. The molecule has 0 radical (unpaired) electrons. The van der Waals surface area contributed by atoms with Crippen molar-refractivity contribution in [3.63, 3.8) is 0 Å². The van der Waals surface area contributed by atoms with Crippen LogP contribution < -0.4 is 10.2 Å². The molecule has 1 aliphatic rings. The van der Waals surface area contributed by atoms with Gasteiger partial charge < -0.3 is 10.2 Å². The number of nitrogens with zero attached hydrogens (tertiary/aromatic N) is 2. The molecule has 0 aromatic heterocycles. The third-order valence-corrected chi connectivity index (χ3v) is 7.78. The van der Waals surface area contributed by atoms with Crippen molar-refractivity contribution >= 4 is 27.7 Å². The highest BCUT2D eigenvalue weighted by molar-refractivity contribution is 6.04. The lowest BCUT2D eigenvalue weighted by Crippen LogP contribution is -2.43. The lowest BCUT2D eigenvalue weighted by molar-refractivity contribution is 0.205. The number of rotatable bonds is 10. The fourth-order valence-electron chi connectivity index (χ4n) is 5.68. The van der Waals surface area contributed by atoms with Crippen LogP contribution in [0, 0.1) is 0 Å². The molecule has 1 N–H and O–H groups in total. The van der Waals surface area contributed by atoms with Crippen molar-refractivity contribution in [3.05, 3.63) is 102 Å². The molecule has 1 aliphatic carbocycles. The summed E-state index contributed by atoms with van der Waals surface area (Å²) < 4.78 is 0. The van der Waals surface area contributed by atoms with Gasteiger partial charge in [0.1, 0.15) is 0 Å². The Balaban J connectivity index is 1.91. The number of fused-ring (bicyclic) bond motifs is 1. The predicted molar refractivity (Wildman–Crippen MR) is 164 cm³/mol. The van der Waals surface area contributed by atoms with E-state index in [1.165, 1.54) is 44.4 Å². The Hall–Kier alpha value is -3.30. The Morgan fingerprint density at radius 1 is 0.730 bits per heavy atom. The zero-order valence-electron chi connectivity index (χ0n) is 23.5. The monoisotopic (exact) mass is 493 g/mol. The largest absolute Gasteiger partial charge is 0.385 e. The number of hydrogen-bond acceptors (Lipinski definition) is 3. The summed E-state index contributed by atoms with van der Waals surface area (Å²) >= 11 is 0. The second-order valence-electron chi connectivity index (χ2n) is 9.85. The minimum Gasteiger partial charge on any atom is -0.385 e. The molecule has 0 aliphatic heterocycles. The standard InChI is InChI=1S/C34H43N3/c1-7-35-32-21-20-31(29-14-12-13-15-30(29)32)33(26-16-18-28(19-17-26)36(8-2)9-3)27-22-24-34(6,25-23-27)37(10-4)11-5/h12-25,35H,7-11H2,1-6H3. The lowest BCUT2D eigenvalue weighted by atomic mass is 9.84. The Kier molecular flexibility index (Phi) is 8.56. The number of likely N-dealkylation sites (N-methyl/N-ethyl adjacent to an activating group) is 1. The summed E-state index contributed by atoms with van der Waals surface area (Å²) in [6.45, 7) is 18.3. The smallest absolute Gasteiger partial charge is 0.0552 e. The molecule has 0 saturated carbocycles. The number of benzene rings is 3. The third kappa shape index (κ3) is 5.38. The van der Waals surface area contributed by atoms with E-state index in [1.807, 2.05) is 0 Å². The maximum absolute atomic E-state index is 3.55. The molecule has 3 heteroatoms. The van der Waals surface area contributed by atoms with E-state index in [0.29, 0.717) is 0 Å². The molecule has 0 heterocycles. The first-order chi connectivity index (χ1) is 18.0. The van der Waals surface area contributed by atoms with Crippen molar-refractivity contribution in [2.45, 2.75) is 47.1 Å². The molecule has 0 saturated heterocycles. The van der Waals surface area contributed by atoms with Crippen LogP contribution in [0.2, 0.25) is 0 Å². The zero-order chi connectivity index (χ0) is 26.4. The SMILES string of the molecule is CCNc1ccc(C(=C2C=CC(C)(N(CC)CC)C=C2)c2ccc(N(CC)CC)cc2)c2ccccc12. The maximum Gasteiger partial charge on any atom is 0.0552 e. The van der Waals surface area contributed by atoms with E-state index in [2.05, 4.69) is 142 Å². The Morgan fingerprint density at radius 2 is 1.35 bits per heavy atom. The number of anilines is 2. The molecular weight excluding hydrogens is 450 g/mol. The van der Waals surface area contributed by atoms with Crippen LogP contribution in [0.3, 0.4) is 0 Å². The molecule has 0 bridgehead atoms. The molecule has 0 atom stereocenters. The van der Waals surface area contributed by atoms with Crippen LogP contribution in [0.25, 0.3) is 16.3 Å². The molecule has 4 rings (SSSR count). The minimum absolute atomic E-state index is 0.0678. The summed E-state index contributed by atoms with van der Waals surface area (Å²) in [6, 6.07) is 22.4. The summed E-state index contributed by atoms with van der Waals surface area (Å²) in [7, 11) is 0. The summed E-state index contributed by atoms with van der Waals surface area (Å²) in [5.74, 6) is 0. The first-order valence-corrected chi connectivity index (χ1v) is 14.0. The van der Waals surface area contributed by atoms with Crippen LogP contribution in [-0.4, -0.2) is 43.2 Å². The van der Waals surface area contributed by atoms with Crippen LogP contribution >= 0.6 is 0 Å². The average molecular weight is 494 g/mol. The van der Waals surface area contributed by atoms with Gasteiger partial charge in [0.25, 0.3) is 0 Å². The minimum atomic E-state index is -0.0678. The van der Waals surface area contributed by atoms with Crippen molar-refractivity contribution in [3.8, 4) is 0 Å². The van der Waals surface area contributed by atoms with Gasteiger partial charge in [-0.1, -0.05) is 80.6 Å². The van der Waals surface area contributed by atoms with Gasteiger partial charge >= 0.3 is 0 Å². The third-order valence-electron chi connectivity index (χ3n) is 7.78. The molecular formula is C34H43N3. The first-order valence-electron chi connectivity index (χ1n) is 14.0. The van der Waals surface area contributed by atoms with Crippen LogP contribution in [-0.2, 0) is 0 Å². The van der Waals surface area contributed by atoms with Gasteiger partial charge in [0.2, 0.25) is 0 Å². The van der Waals surface area contributed by atoms with E-state index in [9.17, 15) is 0 Å². The highest BCUT2D eigenvalue weighted by Gasteiger charge is 2.27. The van der Waals surface area contributed by atoms with Crippen molar-refractivity contribution in [1.29, 1.82) is 0 Å². The Labute approximate surface area is 224 Å². The normalized spacial score (nSPS) is 17.0. The van der Waals surface area contributed by atoms with E-state index < -0.39 is 0 Å². The number of hydrogen-bond donors (Lipinski definition) is 1. The van der Waals surface area contributed by atoms with Crippen molar-refractivity contribution in [2.24, 2.45) is 0 Å². The van der Waals surface area contributed by atoms with Crippen molar-refractivity contribution in [1.82, 2.24) is 4.90 Å². The van der Waals surface area contributed by atoms with Gasteiger partial charge in [-0.15, -0.1) is 0 Å². The van der Waals surface area contributed by atoms with Crippen molar-refractivity contribution < 1.29 is 0 Å². The van der Waals surface area contributed by atoms with Gasteiger partial charge in [-0.25, -0.2) is 0 Å². The molecule has 37 heavy (non-hydrogen) atoms. The van der Waals surface area contributed by atoms with Crippen LogP contribution in [0.1, 0.15) is 52.7 Å². The van der Waals surface area contributed by atoms with Crippen LogP contribution in [0.15, 0.2) is 90.5 Å². The summed E-state index contributed by atoms with van der Waals surface area (Å²) in [6.07, 6.45) is 9.40. The fourth-order valence-corrected chi connectivity index (χ4v) is 5.68. The van der Waals surface area contributed by atoms with E-state index in [4.69, 9.17) is 0 Å². The molecule has 0 spiro atoms. The van der Waals surface area contributed by atoms with Gasteiger partial charge in [-0.05, 0) is 86.6 Å². The Bertz CT molecular complexity index is 1270. The molecule has 194 valence electrons. The van der Waals surface area contributed by atoms with Gasteiger partial charge in [0.05, 0.1) is 5.54 Å². The molecule has 0 fully saturated rings. The average Bonchev–Trinajstić information content (AvgIpc) is 2.93. The second-order valence-corrected chi connectivity index (χ2v) is 9.85. The molecule has 0 amide bonds. The van der Waals surface area contributed by atoms with Gasteiger partial charge in [-0.2, -0.15) is 0 Å². The highest BCUT2D eigenvalue weighted by atomic mass is 15.2. The van der Waals surface area contributed by atoms with E-state index >= 15 is 0 Å². The van der Waals surface area contributed by atoms with Crippen LogP contribution in [0.5, 0.6) is 0 Å².